The molecule has 0 amide bonds. The lowest BCUT2D eigenvalue weighted by Crippen LogP contribution is -2.07. The Morgan fingerprint density at radius 1 is 0.500 bits per heavy atom. The first-order valence-electron chi connectivity index (χ1n) is 8.69. The molecule has 0 radical (unpaired) electrons. The van der Waals surface area contributed by atoms with Crippen LogP contribution in [0.5, 0.6) is 0 Å². The lowest BCUT2D eigenvalue weighted by Gasteiger charge is -2.04. The van der Waals surface area contributed by atoms with Crippen molar-refractivity contribution in [2.75, 3.05) is 0 Å². The molecule has 0 fully saturated rings. The van der Waals surface area contributed by atoms with Crippen molar-refractivity contribution in [2.24, 2.45) is 0 Å². The van der Waals surface area contributed by atoms with Gasteiger partial charge in [-0.05, 0) is 0 Å². The Labute approximate surface area is 127 Å². The molecule has 2 heteroatoms. The van der Waals surface area contributed by atoms with Crippen molar-refractivity contribution in [3.8, 4) is 0 Å². The molecule has 0 saturated heterocycles. The van der Waals surface area contributed by atoms with Gasteiger partial charge in [-0.3, -0.25) is 0 Å². The van der Waals surface area contributed by atoms with Crippen LogP contribution in [0.3, 0.4) is 0 Å². The van der Waals surface area contributed by atoms with Gasteiger partial charge < -0.3 is 0 Å². The van der Waals surface area contributed by atoms with Crippen molar-refractivity contribution in [3.63, 3.8) is 0 Å². The number of hydrogen-bond donors (Lipinski definition) is 0. The summed E-state index contributed by atoms with van der Waals surface area (Å²) in [4.78, 5) is 0. The average Bonchev–Trinajstić information content (AvgIpc) is 2.42. The maximum absolute atomic E-state index is 2.38. The van der Waals surface area contributed by atoms with Gasteiger partial charge in [-0.15, -0.1) is 0 Å². The monoisotopic (exact) mass is 284 g/mol. The van der Waals surface area contributed by atoms with Crippen molar-refractivity contribution in [3.05, 3.63) is 0 Å². The number of unbranched alkanes of at least 4 members (excludes halogenated alkanes) is 3. The van der Waals surface area contributed by atoms with Gasteiger partial charge in [0, 0.05) is 0 Å². The van der Waals surface area contributed by atoms with E-state index >= 15 is 0 Å². The Bertz CT molecular complexity index is 124. The molecule has 0 aromatic heterocycles. The quantitative estimate of drug-likeness (QED) is 0.311. The second kappa shape index (κ2) is 18.1. The fraction of sp³-hybridized carbons (Fsp3) is 1.00. The van der Waals surface area contributed by atoms with Crippen LogP contribution in [0, 0.1) is 0 Å². The van der Waals surface area contributed by atoms with Crippen molar-refractivity contribution in [1.29, 1.82) is 0 Å². The molecule has 0 unspecified atom stereocenters. The minimum Gasteiger partial charge on any atom is -0.0967 e. The predicted molar refractivity (Wildman–Crippen MR) is 92.9 cm³/mol. The minimum atomic E-state index is -0.235. The average molecular weight is 284 g/mol. The number of rotatable bonds is 10. The van der Waals surface area contributed by atoms with Gasteiger partial charge in [0.25, 0.3) is 28.3 Å². The molecule has 0 spiro atoms. The van der Waals surface area contributed by atoms with Crippen LogP contribution in [-0.2, 0) is 0 Å². The van der Waals surface area contributed by atoms with E-state index in [2.05, 4.69) is 41.5 Å². The molecular formula is C16H38Al2. The summed E-state index contributed by atoms with van der Waals surface area (Å²) < 4.78 is 0. The highest BCUT2D eigenvalue weighted by atomic mass is 27.2. The van der Waals surface area contributed by atoms with Crippen molar-refractivity contribution >= 4 is 28.3 Å². The van der Waals surface area contributed by atoms with Crippen LogP contribution >= 0.6 is 0 Å². The van der Waals surface area contributed by atoms with Crippen LogP contribution in [0.25, 0.3) is 0 Å². The van der Waals surface area contributed by atoms with Crippen LogP contribution in [0.2, 0.25) is 31.7 Å². The van der Waals surface area contributed by atoms with Crippen LogP contribution in [-0.4, -0.2) is 28.3 Å². The molecular weight excluding hydrogens is 246 g/mol. The second-order valence-corrected chi connectivity index (χ2v) is 13.7. The molecule has 0 aliphatic rings. The largest absolute Gasteiger partial charge is 0.261 e. The Kier molecular flexibility index (Phi) is 21.4. The van der Waals surface area contributed by atoms with E-state index in [-0.39, 0.29) is 28.3 Å². The first-order chi connectivity index (χ1) is 8.69. The van der Waals surface area contributed by atoms with E-state index in [1.807, 2.05) is 0 Å². The van der Waals surface area contributed by atoms with Crippen LogP contribution in [0.1, 0.15) is 67.2 Å². The molecule has 0 bridgehead atoms. The fourth-order valence-electron chi connectivity index (χ4n) is 2.42. The second-order valence-electron chi connectivity index (χ2n) is 5.62. The lowest BCUT2D eigenvalue weighted by atomic mass is 10.2. The zero-order chi connectivity index (χ0) is 14.2. The predicted octanol–water partition coefficient (Wildman–Crippen LogP) is 6.64. The van der Waals surface area contributed by atoms with Gasteiger partial charge in [-0.1, -0.05) is 98.9 Å². The van der Waals surface area contributed by atoms with Gasteiger partial charge in [0.05, 0.1) is 0 Å². The summed E-state index contributed by atoms with van der Waals surface area (Å²) in [6.45, 7) is 14.0. The van der Waals surface area contributed by atoms with Crippen molar-refractivity contribution in [2.45, 2.75) is 98.9 Å². The number of hydrogen-bond acceptors (Lipinski definition) is 0. The fourth-order valence-corrected chi connectivity index (χ4v) is 6.41. The van der Waals surface area contributed by atoms with Gasteiger partial charge >= 0.3 is 0 Å². The minimum absolute atomic E-state index is 0.171. The summed E-state index contributed by atoms with van der Waals surface area (Å²) in [7, 11) is 0. The third-order valence-corrected chi connectivity index (χ3v) is 11.4. The molecule has 0 atom stereocenters. The summed E-state index contributed by atoms with van der Waals surface area (Å²) in [5.74, 6) is 0. The van der Waals surface area contributed by atoms with E-state index in [4.69, 9.17) is 0 Å². The molecule has 108 valence electrons. The molecule has 0 aromatic rings. The van der Waals surface area contributed by atoms with E-state index in [9.17, 15) is 0 Å². The first-order valence-corrected chi connectivity index (χ1v) is 13.6. The molecule has 18 heavy (non-hydrogen) atoms. The third-order valence-electron chi connectivity index (χ3n) is 4.35. The molecule has 0 nitrogen and oxygen atoms in total. The summed E-state index contributed by atoms with van der Waals surface area (Å²) >= 11 is -0.406. The Balaban J connectivity index is 0. The molecule has 0 saturated carbocycles. The molecule has 0 aromatic carbocycles. The SMILES string of the molecule is CCCCC[CH2][Al]([CH2]C)[CH2]C.C[CH2][Al]([CH2]C)[CH2]C. The van der Waals surface area contributed by atoms with Crippen molar-refractivity contribution in [1.82, 2.24) is 0 Å². The lowest BCUT2D eigenvalue weighted by molar-refractivity contribution is 0.697. The smallest absolute Gasteiger partial charge is 0.0967 e. The highest BCUT2D eigenvalue weighted by Crippen LogP contribution is 2.11. The Hall–Kier alpha value is 1.06. The van der Waals surface area contributed by atoms with Crippen LogP contribution in [0.4, 0.5) is 0 Å². The summed E-state index contributed by atoms with van der Waals surface area (Å²) in [5, 5.41) is 9.12. The zero-order valence-electron chi connectivity index (χ0n) is 14.2. The van der Waals surface area contributed by atoms with Gasteiger partial charge in [0.2, 0.25) is 0 Å². The summed E-state index contributed by atoms with van der Waals surface area (Å²) in [5.41, 5.74) is 0. The molecule has 0 aliphatic carbocycles. The van der Waals surface area contributed by atoms with E-state index < -0.39 is 0 Å². The highest BCUT2D eigenvalue weighted by Gasteiger charge is 2.09. The standard InChI is InChI=1S/C6H13.5C2H5.2Al/c1-3-5-6-4-2;5*1-2;;/h1,3-6H2,2H3;5*1H2,2H3;;. The zero-order valence-corrected chi connectivity index (χ0v) is 16.5. The van der Waals surface area contributed by atoms with Gasteiger partial charge in [-0.25, -0.2) is 0 Å². The van der Waals surface area contributed by atoms with E-state index in [1.54, 1.807) is 5.28 Å². The maximum atomic E-state index is 2.38. The molecule has 0 rings (SSSR count). The topological polar surface area (TPSA) is 0 Å². The van der Waals surface area contributed by atoms with Crippen LogP contribution in [0.15, 0.2) is 0 Å². The van der Waals surface area contributed by atoms with E-state index in [0.717, 1.165) is 0 Å². The maximum Gasteiger partial charge on any atom is 0.261 e. The van der Waals surface area contributed by atoms with E-state index in [0.29, 0.717) is 0 Å². The Morgan fingerprint density at radius 3 is 1.22 bits per heavy atom. The molecule has 0 heterocycles. The first kappa shape index (κ1) is 21.4. The van der Waals surface area contributed by atoms with Gasteiger partial charge in [0.1, 0.15) is 0 Å². The van der Waals surface area contributed by atoms with Gasteiger partial charge in [0.15, 0.2) is 0 Å². The highest BCUT2D eigenvalue weighted by molar-refractivity contribution is 6.58. The van der Waals surface area contributed by atoms with Gasteiger partial charge in [-0.2, -0.15) is 0 Å². The van der Waals surface area contributed by atoms with Crippen molar-refractivity contribution < 1.29 is 0 Å². The summed E-state index contributed by atoms with van der Waals surface area (Å²) in [6, 6.07) is 0. The third kappa shape index (κ3) is 15.1. The Morgan fingerprint density at radius 2 is 0.944 bits per heavy atom. The molecule has 0 N–H and O–H groups in total. The summed E-state index contributed by atoms with van der Waals surface area (Å²) in [6.07, 6.45) is 5.84. The normalized spacial score (nSPS) is 9.67. The molecule has 0 aliphatic heterocycles. The van der Waals surface area contributed by atoms with E-state index in [1.165, 1.54) is 52.1 Å². The van der Waals surface area contributed by atoms with Crippen LogP contribution < -0.4 is 0 Å².